The summed E-state index contributed by atoms with van der Waals surface area (Å²) < 4.78 is 32.6. The van der Waals surface area contributed by atoms with Crippen molar-refractivity contribution in [3.05, 3.63) is 174 Å². The Labute approximate surface area is 297 Å². The molecule has 10 heteroatoms. The Morgan fingerprint density at radius 3 is 1.75 bits per heavy atom. The molecule has 0 aliphatic carbocycles. The molecule has 1 fully saturated rings. The van der Waals surface area contributed by atoms with Crippen molar-refractivity contribution >= 4 is 31.5 Å². The van der Waals surface area contributed by atoms with Crippen molar-refractivity contribution in [2.24, 2.45) is 0 Å². The highest BCUT2D eigenvalue weighted by Gasteiger charge is 2.54. The zero-order valence-electron chi connectivity index (χ0n) is 27.7. The van der Waals surface area contributed by atoms with Gasteiger partial charge in [-0.2, -0.15) is 0 Å². The summed E-state index contributed by atoms with van der Waals surface area (Å²) in [6.45, 7) is -0.0800. The van der Waals surface area contributed by atoms with Gasteiger partial charge in [0, 0.05) is 0 Å². The number of hydrogen-bond acceptors (Lipinski definition) is 7. The van der Waals surface area contributed by atoms with Gasteiger partial charge >= 0.3 is 13.6 Å². The van der Waals surface area contributed by atoms with Crippen LogP contribution in [0.4, 0.5) is 0 Å². The Morgan fingerprint density at radius 1 is 0.706 bits per heavy atom. The molecule has 1 aliphatic rings. The largest absolute Gasteiger partial charge is 0.459 e. The lowest BCUT2D eigenvalue weighted by molar-refractivity contribution is -0.166. The van der Waals surface area contributed by atoms with Gasteiger partial charge in [-0.15, -0.1) is 0 Å². The van der Waals surface area contributed by atoms with Crippen molar-refractivity contribution in [1.29, 1.82) is 0 Å². The molecule has 6 rings (SSSR count). The van der Waals surface area contributed by atoms with Gasteiger partial charge in [0.25, 0.3) is 0 Å². The lowest BCUT2D eigenvalue weighted by atomic mass is 9.91. The van der Waals surface area contributed by atoms with Gasteiger partial charge in [-0.25, -0.2) is 9.36 Å². The number of amides is 2. The molecule has 2 amide bonds. The number of para-hydroxylation sites is 2. The molecule has 9 nitrogen and oxygen atoms in total. The number of esters is 1. The summed E-state index contributed by atoms with van der Waals surface area (Å²) in [5.41, 5.74) is 2.37. The standard InChI is InChI=1S/C41H37N2O7P/c44-38(28-32-18-8-2-9-19-32)42-39-36(27-26-31-16-6-1-7-17-31)43(40(39)45)37(41(46)48-29-33-20-10-3-11-21-33)30-51(47,49-34-22-12-4-13-23-34)50-35-24-14-5-15-25-35/h1-27,36-37,39H,28-30H2,(H,42,44)/b27-26+/t36-,37?,39+/m1/s1. The maximum absolute atomic E-state index is 14.8. The average Bonchev–Trinajstić information content (AvgIpc) is 3.16. The topological polar surface area (TPSA) is 111 Å². The zero-order valence-corrected chi connectivity index (χ0v) is 28.6. The molecule has 5 aromatic rings. The summed E-state index contributed by atoms with van der Waals surface area (Å²) in [6.07, 6.45) is 3.10. The van der Waals surface area contributed by atoms with Crippen molar-refractivity contribution < 1.29 is 32.7 Å². The number of carbonyl (C=O) groups excluding carboxylic acids is 3. The van der Waals surface area contributed by atoms with E-state index in [-0.39, 0.29) is 30.4 Å². The first-order chi connectivity index (χ1) is 24.9. The Bertz CT molecular complexity index is 1930. The fourth-order valence-electron chi connectivity index (χ4n) is 5.71. The quantitative estimate of drug-likeness (QED) is 0.0705. The van der Waals surface area contributed by atoms with Crippen LogP contribution in [0.1, 0.15) is 16.7 Å². The molecule has 0 spiro atoms. The molecular weight excluding hydrogens is 663 g/mol. The number of ether oxygens (including phenoxy) is 1. The summed E-state index contributed by atoms with van der Waals surface area (Å²) in [5.74, 6) is -1.17. The van der Waals surface area contributed by atoms with E-state index < -0.39 is 43.8 Å². The number of likely N-dealkylation sites (tertiary alicyclic amines) is 1. The van der Waals surface area contributed by atoms with Crippen molar-refractivity contribution in [2.75, 3.05) is 6.16 Å². The second kappa shape index (κ2) is 16.7. The fourth-order valence-corrected chi connectivity index (χ4v) is 7.53. The summed E-state index contributed by atoms with van der Waals surface area (Å²) in [5, 5.41) is 2.86. The van der Waals surface area contributed by atoms with Crippen LogP contribution in [0.25, 0.3) is 6.08 Å². The number of carbonyl (C=O) groups is 3. The second-order valence-corrected chi connectivity index (χ2v) is 13.9. The highest BCUT2D eigenvalue weighted by Crippen LogP contribution is 2.50. The summed E-state index contributed by atoms with van der Waals surface area (Å²) in [4.78, 5) is 42.7. The molecule has 0 radical (unpaired) electrons. The van der Waals surface area contributed by atoms with Crippen LogP contribution in [0, 0.1) is 0 Å². The van der Waals surface area contributed by atoms with E-state index in [0.717, 1.165) is 16.7 Å². The maximum Gasteiger partial charge on any atom is 0.433 e. The minimum Gasteiger partial charge on any atom is -0.459 e. The molecule has 0 bridgehead atoms. The number of nitrogens with one attached hydrogen (secondary N) is 1. The van der Waals surface area contributed by atoms with Crippen LogP contribution >= 0.6 is 7.60 Å². The van der Waals surface area contributed by atoms with Gasteiger partial charge in [-0.05, 0) is 41.0 Å². The Balaban J connectivity index is 1.34. The van der Waals surface area contributed by atoms with Gasteiger partial charge in [-0.1, -0.05) is 140 Å². The van der Waals surface area contributed by atoms with E-state index in [0.29, 0.717) is 0 Å². The molecule has 1 unspecified atom stereocenters. The van der Waals surface area contributed by atoms with E-state index >= 15 is 0 Å². The molecule has 1 heterocycles. The smallest absolute Gasteiger partial charge is 0.433 e. The minimum absolute atomic E-state index is 0.0628. The van der Waals surface area contributed by atoms with Crippen LogP contribution in [0.15, 0.2) is 158 Å². The van der Waals surface area contributed by atoms with E-state index in [4.69, 9.17) is 13.8 Å². The van der Waals surface area contributed by atoms with Crippen molar-refractivity contribution in [3.63, 3.8) is 0 Å². The van der Waals surface area contributed by atoms with E-state index in [1.54, 1.807) is 66.7 Å². The Hall–Kier alpha value is -5.92. The minimum atomic E-state index is -4.23. The second-order valence-electron chi connectivity index (χ2n) is 11.9. The van der Waals surface area contributed by atoms with Crippen LogP contribution in [0.3, 0.4) is 0 Å². The lowest BCUT2D eigenvalue weighted by Crippen LogP contribution is -2.74. The summed E-state index contributed by atoms with van der Waals surface area (Å²) >= 11 is 0. The number of hydrogen-bond donors (Lipinski definition) is 1. The number of rotatable bonds is 15. The predicted molar refractivity (Wildman–Crippen MR) is 195 cm³/mol. The monoisotopic (exact) mass is 700 g/mol. The summed E-state index contributed by atoms with van der Waals surface area (Å²) in [7, 11) is -4.23. The highest BCUT2D eigenvalue weighted by molar-refractivity contribution is 7.54. The van der Waals surface area contributed by atoms with E-state index in [9.17, 15) is 18.9 Å². The first kappa shape index (κ1) is 34.9. The van der Waals surface area contributed by atoms with Gasteiger partial charge in [0.05, 0.1) is 12.5 Å². The van der Waals surface area contributed by atoms with E-state index in [1.807, 2.05) is 97.1 Å². The van der Waals surface area contributed by atoms with Gasteiger partial charge in [0.1, 0.15) is 36.4 Å². The third-order valence-corrected chi connectivity index (χ3v) is 9.97. The molecular formula is C41H37N2O7P. The molecule has 51 heavy (non-hydrogen) atoms. The van der Waals surface area contributed by atoms with Crippen LogP contribution in [0.5, 0.6) is 11.5 Å². The van der Waals surface area contributed by atoms with E-state index in [1.165, 1.54) is 4.90 Å². The molecule has 5 aromatic carbocycles. The Morgan fingerprint density at radius 2 is 1.20 bits per heavy atom. The first-order valence-corrected chi connectivity index (χ1v) is 18.3. The fraction of sp³-hybridized carbons (Fsp3) is 0.146. The van der Waals surface area contributed by atoms with Crippen LogP contribution in [0.2, 0.25) is 0 Å². The highest BCUT2D eigenvalue weighted by atomic mass is 31.2. The van der Waals surface area contributed by atoms with Gasteiger partial charge < -0.3 is 24.0 Å². The van der Waals surface area contributed by atoms with Gasteiger partial charge in [0.2, 0.25) is 11.8 Å². The number of benzene rings is 5. The lowest BCUT2D eigenvalue weighted by Gasteiger charge is -2.49. The molecule has 1 aliphatic heterocycles. The van der Waals surface area contributed by atoms with Crippen LogP contribution in [-0.4, -0.2) is 47.0 Å². The van der Waals surface area contributed by atoms with Crippen molar-refractivity contribution in [1.82, 2.24) is 10.2 Å². The predicted octanol–water partition coefficient (Wildman–Crippen LogP) is 7.10. The SMILES string of the molecule is O=C(Cc1ccccc1)N[C@@H]1C(=O)N(C(CP(=O)(Oc2ccccc2)Oc2ccccc2)C(=O)OCc2ccccc2)[C@@H]1/C=C/c1ccccc1. The molecule has 0 aromatic heterocycles. The van der Waals surface area contributed by atoms with Crippen molar-refractivity contribution in [2.45, 2.75) is 31.2 Å². The molecule has 0 saturated carbocycles. The molecule has 3 atom stereocenters. The first-order valence-electron chi connectivity index (χ1n) is 16.5. The third kappa shape index (κ3) is 9.41. The molecule has 258 valence electrons. The Kier molecular flexibility index (Phi) is 11.4. The van der Waals surface area contributed by atoms with Crippen molar-refractivity contribution in [3.8, 4) is 11.5 Å². The third-order valence-electron chi connectivity index (χ3n) is 8.20. The number of β-lactam (4-membered cyclic amide) rings is 1. The molecule has 1 saturated heterocycles. The average molecular weight is 701 g/mol. The maximum atomic E-state index is 14.8. The van der Waals surface area contributed by atoms with Gasteiger partial charge in [-0.3, -0.25) is 9.59 Å². The normalized spacial score (nSPS) is 16.2. The van der Waals surface area contributed by atoms with Crippen LogP contribution < -0.4 is 14.4 Å². The zero-order chi connectivity index (χ0) is 35.5. The molecule has 1 N–H and O–H groups in total. The van der Waals surface area contributed by atoms with Crippen LogP contribution in [-0.2, 0) is 36.7 Å². The number of nitrogens with zero attached hydrogens (tertiary/aromatic N) is 1. The van der Waals surface area contributed by atoms with E-state index in [2.05, 4.69) is 5.32 Å². The summed E-state index contributed by atoms with van der Waals surface area (Å²) in [6, 6.07) is 41.5. The van der Waals surface area contributed by atoms with Gasteiger partial charge in [0.15, 0.2) is 0 Å².